The summed E-state index contributed by atoms with van der Waals surface area (Å²) >= 11 is 1.65. The molecule has 2 saturated heterocycles. The molecular weight excluding hydrogens is 476 g/mol. The third-order valence-corrected chi connectivity index (χ3v) is 9.21. The van der Waals surface area contributed by atoms with Gasteiger partial charge < -0.3 is 24.5 Å². The Balaban J connectivity index is 1.36. The van der Waals surface area contributed by atoms with Gasteiger partial charge in [0.1, 0.15) is 10.8 Å². The third-order valence-electron chi connectivity index (χ3n) is 8.44. The molecule has 2 aromatic heterocycles. The van der Waals surface area contributed by atoms with E-state index in [4.69, 9.17) is 9.47 Å². The lowest BCUT2D eigenvalue weighted by molar-refractivity contribution is -0.140. The van der Waals surface area contributed by atoms with Crippen LogP contribution in [0.15, 0.2) is 29.8 Å². The Kier molecular flexibility index (Phi) is 6.49. The molecule has 0 unspecified atom stereocenters. The number of benzene rings is 1. The SMILES string of the molecule is COc1ccc2c3c([nH]c2c1)[C@H](CO)N(Cc1nccs1)CC31CCN(C(=O)C2CCOCC2)CC1. The summed E-state index contributed by atoms with van der Waals surface area (Å²) in [5, 5.41) is 14.8. The smallest absolute Gasteiger partial charge is 0.225 e. The lowest BCUT2D eigenvalue weighted by atomic mass is 9.68. The van der Waals surface area contributed by atoms with Gasteiger partial charge in [0.15, 0.2) is 0 Å². The summed E-state index contributed by atoms with van der Waals surface area (Å²) in [5.41, 5.74) is 3.34. The number of thiazole rings is 1. The van der Waals surface area contributed by atoms with Gasteiger partial charge in [0.2, 0.25) is 5.91 Å². The average Bonchev–Trinajstić information content (AvgIpc) is 3.57. The number of aliphatic hydroxyl groups is 1. The molecule has 3 aliphatic heterocycles. The summed E-state index contributed by atoms with van der Waals surface area (Å²) in [4.78, 5) is 25.9. The molecule has 1 amide bonds. The monoisotopic (exact) mass is 510 g/mol. The van der Waals surface area contributed by atoms with Crippen LogP contribution in [-0.2, 0) is 21.5 Å². The first-order valence-electron chi connectivity index (χ1n) is 12.9. The Morgan fingerprint density at radius 1 is 1.31 bits per heavy atom. The highest BCUT2D eigenvalue weighted by atomic mass is 32.1. The number of amides is 1. The molecule has 3 aliphatic rings. The van der Waals surface area contributed by atoms with E-state index in [9.17, 15) is 9.90 Å². The van der Waals surface area contributed by atoms with E-state index >= 15 is 0 Å². The van der Waals surface area contributed by atoms with Crippen molar-refractivity contribution in [2.45, 2.75) is 43.7 Å². The molecule has 5 heterocycles. The number of aromatic nitrogens is 2. The Morgan fingerprint density at radius 2 is 2.11 bits per heavy atom. The number of carbonyl (C=O) groups is 1. The summed E-state index contributed by atoms with van der Waals surface area (Å²) in [6, 6.07) is 6.08. The highest BCUT2D eigenvalue weighted by Crippen LogP contribution is 2.49. The minimum atomic E-state index is -0.130. The van der Waals surface area contributed by atoms with E-state index < -0.39 is 0 Å². The second kappa shape index (κ2) is 9.78. The number of aliphatic hydroxyl groups excluding tert-OH is 1. The van der Waals surface area contributed by atoms with Crippen molar-refractivity contribution in [1.82, 2.24) is 19.8 Å². The minimum absolute atomic E-state index is 0.0345. The van der Waals surface area contributed by atoms with Crippen LogP contribution in [0, 0.1) is 5.92 Å². The fourth-order valence-electron chi connectivity index (χ4n) is 6.55. The first-order valence-corrected chi connectivity index (χ1v) is 13.8. The lowest BCUT2D eigenvalue weighted by Crippen LogP contribution is -2.55. The van der Waals surface area contributed by atoms with E-state index in [1.165, 1.54) is 10.9 Å². The molecule has 1 atom stereocenters. The summed E-state index contributed by atoms with van der Waals surface area (Å²) in [6.07, 6.45) is 5.30. The lowest BCUT2D eigenvalue weighted by Gasteiger charge is -2.50. The largest absolute Gasteiger partial charge is 0.497 e. The Bertz CT molecular complexity index is 1210. The number of piperidine rings is 1. The zero-order valence-electron chi connectivity index (χ0n) is 20.7. The number of nitrogens with zero attached hydrogens (tertiary/aromatic N) is 3. The number of hydrogen-bond acceptors (Lipinski definition) is 7. The van der Waals surface area contributed by atoms with Gasteiger partial charge in [0.25, 0.3) is 0 Å². The van der Waals surface area contributed by atoms with Crippen LogP contribution in [0.25, 0.3) is 10.9 Å². The van der Waals surface area contributed by atoms with Gasteiger partial charge in [-0.05, 0) is 43.4 Å². The van der Waals surface area contributed by atoms with Gasteiger partial charge in [-0.2, -0.15) is 0 Å². The van der Waals surface area contributed by atoms with Gasteiger partial charge in [0, 0.05) is 78.4 Å². The van der Waals surface area contributed by atoms with Crippen LogP contribution in [0.1, 0.15) is 48.0 Å². The summed E-state index contributed by atoms with van der Waals surface area (Å²) in [5.74, 6) is 1.20. The number of methoxy groups -OCH3 is 1. The molecule has 2 N–H and O–H groups in total. The molecule has 1 aromatic carbocycles. The molecule has 0 saturated carbocycles. The average molecular weight is 511 g/mol. The van der Waals surface area contributed by atoms with Gasteiger partial charge in [-0.1, -0.05) is 0 Å². The second-order valence-electron chi connectivity index (χ2n) is 10.3. The van der Waals surface area contributed by atoms with Gasteiger partial charge in [-0.15, -0.1) is 11.3 Å². The summed E-state index contributed by atoms with van der Waals surface area (Å²) < 4.78 is 11.0. The van der Waals surface area contributed by atoms with Crippen molar-refractivity contribution in [3.05, 3.63) is 46.0 Å². The highest BCUT2D eigenvalue weighted by molar-refractivity contribution is 7.09. The Hall–Kier alpha value is -2.46. The zero-order chi connectivity index (χ0) is 24.7. The van der Waals surface area contributed by atoms with Crippen LogP contribution in [0.5, 0.6) is 5.75 Å². The molecule has 0 bridgehead atoms. The van der Waals surface area contributed by atoms with Crippen LogP contribution in [0.3, 0.4) is 0 Å². The van der Waals surface area contributed by atoms with E-state index in [0.717, 1.165) is 67.3 Å². The standard InChI is InChI=1S/C27H34N4O4S/c1-34-19-2-3-20-21(14-19)29-25-22(16-32)31(15-23-28-8-13-36-23)17-27(24(20)25)6-9-30(10-7-27)26(33)18-4-11-35-12-5-18/h2-3,8,13-14,18,22,29,32H,4-7,9-12,15-17H2,1H3/t22-/m0/s1. The number of ether oxygens (including phenoxy) is 2. The molecular formula is C27H34N4O4S. The maximum Gasteiger partial charge on any atom is 0.225 e. The van der Waals surface area contributed by atoms with Crippen molar-refractivity contribution < 1.29 is 19.4 Å². The maximum atomic E-state index is 13.3. The van der Waals surface area contributed by atoms with Crippen LogP contribution < -0.4 is 4.74 Å². The number of hydrogen-bond donors (Lipinski definition) is 2. The molecule has 8 nitrogen and oxygen atoms in total. The van der Waals surface area contributed by atoms with E-state index in [1.807, 2.05) is 23.7 Å². The van der Waals surface area contributed by atoms with Crippen molar-refractivity contribution in [2.24, 2.45) is 5.92 Å². The van der Waals surface area contributed by atoms with Crippen LogP contribution in [0.2, 0.25) is 0 Å². The third kappa shape index (κ3) is 4.12. The quantitative estimate of drug-likeness (QED) is 0.546. The first-order chi connectivity index (χ1) is 17.6. The van der Waals surface area contributed by atoms with Gasteiger partial charge in [0.05, 0.1) is 26.3 Å². The fraction of sp³-hybridized carbons (Fsp3) is 0.556. The highest BCUT2D eigenvalue weighted by Gasteiger charge is 2.48. The first kappa shape index (κ1) is 23.9. The van der Waals surface area contributed by atoms with Gasteiger partial charge in [-0.3, -0.25) is 9.69 Å². The van der Waals surface area contributed by atoms with Crippen molar-refractivity contribution in [3.8, 4) is 5.75 Å². The Labute approximate surface area is 215 Å². The number of fused-ring (bicyclic) bond motifs is 4. The Morgan fingerprint density at radius 3 is 2.81 bits per heavy atom. The molecule has 6 rings (SSSR count). The number of carbonyl (C=O) groups excluding carboxylic acids is 1. The van der Waals surface area contributed by atoms with E-state index in [0.29, 0.717) is 25.7 Å². The molecule has 0 radical (unpaired) electrons. The number of likely N-dealkylation sites (tertiary alicyclic amines) is 1. The molecule has 192 valence electrons. The number of aromatic amines is 1. The van der Waals surface area contributed by atoms with Crippen molar-refractivity contribution in [3.63, 3.8) is 0 Å². The number of rotatable bonds is 5. The normalized spacial score (nSPS) is 22.7. The van der Waals surface area contributed by atoms with Crippen molar-refractivity contribution in [1.29, 1.82) is 0 Å². The van der Waals surface area contributed by atoms with E-state index in [2.05, 4.69) is 25.8 Å². The van der Waals surface area contributed by atoms with Gasteiger partial charge in [-0.25, -0.2) is 4.98 Å². The molecule has 0 aliphatic carbocycles. The molecule has 3 aromatic rings. The zero-order valence-corrected chi connectivity index (χ0v) is 21.6. The second-order valence-corrected chi connectivity index (χ2v) is 11.3. The molecule has 9 heteroatoms. The summed E-state index contributed by atoms with van der Waals surface area (Å²) in [7, 11) is 1.68. The summed E-state index contributed by atoms with van der Waals surface area (Å²) in [6.45, 7) is 4.46. The molecule has 36 heavy (non-hydrogen) atoms. The van der Waals surface area contributed by atoms with Crippen LogP contribution in [0.4, 0.5) is 0 Å². The molecule has 1 spiro atoms. The number of nitrogens with one attached hydrogen (secondary N) is 1. The van der Waals surface area contributed by atoms with Crippen LogP contribution >= 0.6 is 11.3 Å². The fourth-order valence-corrected chi connectivity index (χ4v) is 7.19. The van der Waals surface area contributed by atoms with E-state index in [1.54, 1.807) is 18.4 Å². The maximum absolute atomic E-state index is 13.3. The topological polar surface area (TPSA) is 90.9 Å². The van der Waals surface area contributed by atoms with Crippen LogP contribution in [-0.4, -0.2) is 77.3 Å². The minimum Gasteiger partial charge on any atom is -0.497 e. The van der Waals surface area contributed by atoms with Crippen molar-refractivity contribution in [2.75, 3.05) is 46.6 Å². The predicted molar refractivity (Wildman–Crippen MR) is 138 cm³/mol. The van der Waals surface area contributed by atoms with E-state index in [-0.39, 0.29) is 24.0 Å². The molecule has 2 fully saturated rings. The number of H-pyrrole nitrogens is 1. The van der Waals surface area contributed by atoms with Crippen molar-refractivity contribution >= 4 is 28.1 Å². The predicted octanol–water partition coefficient (Wildman–Crippen LogP) is 3.47. The van der Waals surface area contributed by atoms with Gasteiger partial charge >= 0.3 is 0 Å².